The number of rotatable bonds is 2. The summed E-state index contributed by atoms with van der Waals surface area (Å²) in [7, 11) is 1.64. The number of hydrogen-bond donors (Lipinski definition) is 3. The number of aliphatic hydroxyl groups excluding tert-OH is 1. The van der Waals surface area contributed by atoms with Crippen LogP contribution in [-0.4, -0.2) is 34.1 Å². The largest absolute Gasteiger partial charge is 0.509 e. The Kier molecular flexibility index (Phi) is 2.74. The topological polar surface area (TPSA) is 85.2 Å². The van der Waals surface area contributed by atoms with E-state index in [1.54, 1.807) is 7.11 Å². The fourth-order valence-electron chi connectivity index (χ4n) is 3.84. The average molecular weight is 332 g/mol. The highest BCUT2D eigenvalue weighted by atomic mass is 16.5. The van der Waals surface area contributed by atoms with Crippen LogP contribution in [0.5, 0.6) is 5.75 Å². The van der Waals surface area contributed by atoms with Crippen LogP contribution in [0.4, 0.5) is 5.69 Å². The molecule has 0 radical (unpaired) electrons. The number of aromatic amines is 1. The number of fused-ring (bicyclic) bond motifs is 4. The normalized spacial score (nSPS) is 18.8. The van der Waals surface area contributed by atoms with Crippen LogP contribution in [0.2, 0.25) is 0 Å². The Morgan fingerprint density at radius 3 is 2.88 bits per heavy atom. The number of ether oxygens (including phenoxy) is 1. The van der Waals surface area contributed by atoms with Gasteiger partial charge in [0.05, 0.1) is 35.4 Å². The van der Waals surface area contributed by atoms with Crippen LogP contribution >= 0.6 is 0 Å². The van der Waals surface area contributed by atoms with Crippen LogP contribution in [0.25, 0.3) is 16.6 Å². The van der Waals surface area contributed by atoms with Crippen molar-refractivity contribution in [1.29, 1.82) is 5.41 Å². The molecule has 2 aromatic carbocycles. The average Bonchev–Trinajstić information content (AvgIpc) is 3.27. The smallest absolute Gasteiger partial charge is 0.145 e. The second-order valence-corrected chi connectivity index (χ2v) is 6.26. The number of anilines is 1. The molecule has 3 aromatic rings. The number of benzene rings is 2. The van der Waals surface area contributed by atoms with Gasteiger partial charge >= 0.3 is 0 Å². The first-order valence-corrected chi connectivity index (χ1v) is 8.11. The molecule has 3 N–H and O–H groups in total. The first-order valence-electron chi connectivity index (χ1n) is 8.11. The molecule has 1 atom stereocenters. The van der Waals surface area contributed by atoms with Crippen LogP contribution in [0.1, 0.15) is 11.4 Å². The molecule has 6 heteroatoms. The molecular formula is C19H16N4O2. The van der Waals surface area contributed by atoms with E-state index in [9.17, 15) is 5.11 Å². The Labute approximate surface area is 143 Å². The maximum absolute atomic E-state index is 10.8. The molecule has 0 saturated carbocycles. The summed E-state index contributed by atoms with van der Waals surface area (Å²) in [6.45, 7) is 0. The fourth-order valence-corrected chi connectivity index (χ4v) is 3.84. The zero-order valence-corrected chi connectivity index (χ0v) is 13.6. The first-order chi connectivity index (χ1) is 12.2. The number of methoxy groups -OCH3 is 1. The van der Waals surface area contributed by atoms with Crippen LogP contribution in [-0.2, 0) is 6.42 Å². The lowest BCUT2D eigenvalue weighted by atomic mass is 10.1. The van der Waals surface area contributed by atoms with Crippen LogP contribution in [0.15, 0.2) is 48.2 Å². The molecule has 6 nitrogen and oxygen atoms in total. The summed E-state index contributed by atoms with van der Waals surface area (Å²) in [4.78, 5) is 9.62. The number of nitrogens with zero attached hydrogens (tertiary/aromatic N) is 2. The van der Waals surface area contributed by atoms with Gasteiger partial charge in [-0.15, -0.1) is 0 Å². The number of imidazole rings is 1. The van der Waals surface area contributed by atoms with E-state index in [0.29, 0.717) is 17.8 Å². The number of nitrogens with one attached hydrogen (secondary N) is 2. The van der Waals surface area contributed by atoms with Gasteiger partial charge in [-0.3, -0.25) is 5.41 Å². The Morgan fingerprint density at radius 1 is 1.24 bits per heavy atom. The molecular weight excluding hydrogens is 316 g/mol. The molecule has 1 aromatic heterocycles. The monoisotopic (exact) mass is 332 g/mol. The summed E-state index contributed by atoms with van der Waals surface area (Å²) in [6, 6.07) is 13.2. The predicted octanol–water partition coefficient (Wildman–Crippen LogP) is 3.26. The maximum atomic E-state index is 10.8. The summed E-state index contributed by atoms with van der Waals surface area (Å²) in [5, 5.41) is 19.5. The molecule has 1 unspecified atom stereocenters. The van der Waals surface area contributed by atoms with Crippen molar-refractivity contribution >= 4 is 28.1 Å². The van der Waals surface area contributed by atoms with Gasteiger partial charge in [-0.2, -0.15) is 0 Å². The SMILES string of the molecule is COc1cccc2c1CC1C(O)=C(c3nc4ccccc4[nH]3)C(=N)N21. The zero-order valence-electron chi connectivity index (χ0n) is 13.6. The highest BCUT2D eigenvalue weighted by Gasteiger charge is 2.45. The standard InChI is InChI=1S/C19H16N4O2/c1-25-15-8-4-7-13-10(15)9-14-17(24)16(18(20)23(13)14)19-21-11-5-2-3-6-12(11)22-19/h2-8,14,20,24H,9H2,1H3,(H,21,22). The summed E-state index contributed by atoms with van der Waals surface area (Å²) >= 11 is 0. The number of hydrogen-bond acceptors (Lipinski definition) is 4. The maximum Gasteiger partial charge on any atom is 0.145 e. The van der Waals surface area contributed by atoms with Crippen molar-refractivity contribution in [3.05, 3.63) is 59.6 Å². The highest BCUT2D eigenvalue weighted by Crippen LogP contribution is 2.45. The van der Waals surface area contributed by atoms with Gasteiger partial charge in [-0.1, -0.05) is 18.2 Å². The third-order valence-electron chi connectivity index (χ3n) is 4.97. The van der Waals surface area contributed by atoms with Crippen molar-refractivity contribution in [3.63, 3.8) is 0 Å². The molecule has 0 amide bonds. The second-order valence-electron chi connectivity index (χ2n) is 6.26. The summed E-state index contributed by atoms with van der Waals surface area (Å²) in [6.07, 6.45) is 0.608. The van der Waals surface area contributed by atoms with E-state index in [1.807, 2.05) is 47.4 Å². The molecule has 5 rings (SSSR count). The molecule has 2 aliphatic heterocycles. The molecule has 0 fully saturated rings. The minimum atomic E-state index is -0.276. The summed E-state index contributed by atoms with van der Waals surface area (Å²) < 4.78 is 5.43. The van der Waals surface area contributed by atoms with Gasteiger partial charge < -0.3 is 19.7 Å². The molecule has 0 saturated heterocycles. The van der Waals surface area contributed by atoms with E-state index in [-0.39, 0.29) is 17.6 Å². The van der Waals surface area contributed by atoms with Gasteiger partial charge in [0, 0.05) is 12.0 Å². The molecule has 0 spiro atoms. The number of aliphatic hydroxyl groups is 1. The van der Waals surface area contributed by atoms with Crippen molar-refractivity contribution in [3.8, 4) is 5.75 Å². The molecule has 0 aliphatic carbocycles. The van der Waals surface area contributed by atoms with Crippen molar-refractivity contribution in [1.82, 2.24) is 9.97 Å². The van der Waals surface area contributed by atoms with E-state index in [4.69, 9.17) is 10.1 Å². The van der Waals surface area contributed by atoms with Crippen molar-refractivity contribution in [2.75, 3.05) is 12.0 Å². The Morgan fingerprint density at radius 2 is 2.08 bits per heavy atom. The van der Waals surface area contributed by atoms with Crippen LogP contribution < -0.4 is 9.64 Å². The first kappa shape index (κ1) is 14.1. The van der Waals surface area contributed by atoms with E-state index < -0.39 is 0 Å². The second kappa shape index (κ2) is 4.86. The van der Waals surface area contributed by atoms with Gasteiger partial charge in [-0.05, 0) is 24.3 Å². The Bertz CT molecular complexity index is 1030. The zero-order chi connectivity index (χ0) is 17.1. The van der Waals surface area contributed by atoms with E-state index in [0.717, 1.165) is 28.0 Å². The van der Waals surface area contributed by atoms with Gasteiger partial charge in [-0.25, -0.2) is 4.98 Å². The number of aromatic nitrogens is 2. The van der Waals surface area contributed by atoms with Gasteiger partial charge in [0.15, 0.2) is 0 Å². The van der Waals surface area contributed by atoms with Gasteiger partial charge in [0.2, 0.25) is 0 Å². The van der Waals surface area contributed by atoms with E-state index in [1.165, 1.54) is 0 Å². The summed E-state index contributed by atoms with van der Waals surface area (Å²) in [5.74, 6) is 1.76. The Balaban J connectivity index is 1.63. The lowest BCUT2D eigenvalue weighted by Gasteiger charge is -2.19. The van der Waals surface area contributed by atoms with Crippen molar-refractivity contribution in [2.45, 2.75) is 12.5 Å². The minimum Gasteiger partial charge on any atom is -0.509 e. The third-order valence-corrected chi connectivity index (χ3v) is 4.97. The lowest BCUT2D eigenvalue weighted by Crippen LogP contribution is -2.31. The molecule has 124 valence electrons. The van der Waals surface area contributed by atoms with Crippen LogP contribution in [0.3, 0.4) is 0 Å². The molecule has 2 aliphatic rings. The number of para-hydroxylation sites is 2. The minimum absolute atomic E-state index is 0.183. The fraction of sp³-hybridized carbons (Fsp3) is 0.158. The number of H-pyrrole nitrogens is 1. The lowest BCUT2D eigenvalue weighted by molar-refractivity contribution is 0.377. The quantitative estimate of drug-likeness (QED) is 0.672. The number of amidine groups is 1. The molecule has 3 heterocycles. The molecule has 25 heavy (non-hydrogen) atoms. The highest BCUT2D eigenvalue weighted by molar-refractivity contribution is 6.31. The Hall–Kier alpha value is -3.28. The summed E-state index contributed by atoms with van der Waals surface area (Å²) in [5.41, 5.74) is 4.11. The van der Waals surface area contributed by atoms with Gasteiger partial charge in [0.1, 0.15) is 23.2 Å². The third kappa shape index (κ3) is 1.79. The predicted molar refractivity (Wildman–Crippen MR) is 96.3 cm³/mol. The van der Waals surface area contributed by atoms with Crippen molar-refractivity contribution in [2.24, 2.45) is 0 Å². The van der Waals surface area contributed by atoms with E-state index >= 15 is 0 Å². The van der Waals surface area contributed by atoms with Gasteiger partial charge in [0.25, 0.3) is 0 Å². The van der Waals surface area contributed by atoms with E-state index in [2.05, 4.69) is 9.97 Å². The molecule has 0 bridgehead atoms. The van der Waals surface area contributed by atoms with Crippen LogP contribution in [0, 0.1) is 5.41 Å². The van der Waals surface area contributed by atoms with Crippen molar-refractivity contribution < 1.29 is 9.84 Å².